The van der Waals surface area contributed by atoms with Gasteiger partial charge in [-0.25, -0.2) is 4.98 Å². The van der Waals surface area contributed by atoms with Crippen LogP contribution in [0.15, 0.2) is 36.4 Å². The van der Waals surface area contributed by atoms with Crippen molar-refractivity contribution in [2.45, 2.75) is 25.6 Å². The van der Waals surface area contributed by atoms with Crippen LogP contribution in [-0.4, -0.2) is 29.4 Å². The zero-order chi connectivity index (χ0) is 20.5. The highest BCUT2D eigenvalue weighted by Crippen LogP contribution is 2.35. The first-order valence-corrected chi connectivity index (χ1v) is 8.41. The van der Waals surface area contributed by atoms with Crippen LogP contribution in [-0.2, 0) is 15.8 Å². The first-order valence-electron chi connectivity index (χ1n) is 8.41. The summed E-state index contributed by atoms with van der Waals surface area (Å²) in [7, 11) is 0. The summed E-state index contributed by atoms with van der Waals surface area (Å²) >= 11 is 0. The number of carbonyl (C=O) groups excluding carboxylic acids is 2. The molecule has 1 aliphatic rings. The minimum Gasteiger partial charge on any atom is -0.477 e. The van der Waals surface area contributed by atoms with Crippen LogP contribution >= 0.6 is 0 Å². The molecule has 1 aromatic heterocycles. The number of rotatable bonds is 4. The van der Waals surface area contributed by atoms with E-state index in [-0.39, 0.29) is 17.4 Å². The van der Waals surface area contributed by atoms with Crippen molar-refractivity contribution in [1.82, 2.24) is 4.98 Å². The summed E-state index contributed by atoms with van der Waals surface area (Å²) in [5.74, 6) is -0.902. The Labute approximate surface area is 158 Å². The fourth-order valence-electron chi connectivity index (χ4n) is 2.80. The number of amides is 2. The number of carbonyl (C=O) groups is 2. The monoisotopic (exact) mass is 394 g/mol. The lowest BCUT2D eigenvalue weighted by molar-refractivity contribution is -0.137. The van der Waals surface area contributed by atoms with Crippen LogP contribution in [0.3, 0.4) is 0 Å². The van der Waals surface area contributed by atoms with Crippen molar-refractivity contribution in [3.8, 4) is 5.75 Å². The average molecular weight is 394 g/mol. The molecule has 0 bridgehead atoms. The molecule has 10 heteroatoms. The molecule has 7 nitrogen and oxygen atoms in total. The number of hydrogen-bond donors (Lipinski definition) is 2. The van der Waals surface area contributed by atoms with Gasteiger partial charge in [0.2, 0.25) is 5.91 Å². The summed E-state index contributed by atoms with van der Waals surface area (Å²) in [4.78, 5) is 30.1. The van der Waals surface area contributed by atoms with E-state index in [4.69, 9.17) is 10.5 Å². The number of aromatic nitrogens is 1. The van der Waals surface area contributed by atoms with Gasteiger partial charge in [-0.3, -0.25) is 14.5 Å². The maximum absolute atomic E-state index is 13.1. The van der Waals surface area contributed by atoms with Crippen molar-refractivity contribution in [3.63, 3.8) is 0 Å². The minimum atomic E-state index is -4.63. The number of hydrogen-bond acceptors (Lipinski definition) is 5. The van der Waals surface area contributed by atoms with Gasteiger partial charge in [0.05, 0.1) is 11.3 Å². The third kappa shape index (κ3) is 3.85. The molecule has 1 aromatic carbocycles. The zero-order valence-corrected chi connectivity index (χ0v) is 14.8. The van der Waals surface area contributed by atoms with Crippen LogP contribution in [0.1, 0.15) is 18.9 Å². The second kappa shape index (κ2) is 7.37. The summed E-state index contributed by atoms with van der Waals surface area (Å²) in [5.41, 5.74) is 4.27. The first-order chi connectivity index (χ1) is 13.2. The third-order valence-electron chi connectivity index (χ3n) is 4.11. The normalized spacial score (nSPS) is 16.4. The van der Waals surface area contributed by atoms with E-state index < -0.39 is 41.9 Å². The number of alkyl halides is 3. The number of anilines is 3. The van der Waals surface area contributed by atoms with Gasteiger partial charge >= 0.3 is 6.18 Å². The molecule has 0 saturated carbocycles. The zero-order valence-electron chi connectivity index (χ0n) is 14.8. The molecular formula is C18H17F3N4O3. The Bertz CT molecular complexity index is 917. The van der Waals surface area contributed by atoms with E-state index in [9.17, 15) is 22.8 Å². The van der Waals surface area contributed by atoms with Crippen molar-refractivity contribution >= 4 is 29.1 Å². The van der Waals surface area contributed by atoms with Crippen LogP contribution in [0.2, 0.25) is 0 Å². The molecule has 148 valence electrons. The Morgan fingerprint density at radius 2 is 2.00 bits per heavy atom. The van der Waals surface area contributed by atoms with Crippen molar-refractivity contribution in [3.05, 3.63) is 42.0 Å². The predicted molar refractivity (Wildman–Crippen MR) is 95.8 cm³/mol. The maximum Gasteiger partial charge on any atom is 0.418 e. The molecule has 0 aliphatic carbocycles. The molecular weight excluding hydrogens is 377 g/mol. The quantitative estimate of drug-likeness (QED) is 0.831. The van der Waals surface area contributed by atoms with Gasteiger partial charge in [0.15, 0.2) is 17.7 Å². The summed E-state index contributed by atoms with van der Waals surface area (Å²) in [6.45, 7) is 1.20. The van der Waals surface area contributed by atoms with Gasteiger partial charge in [-0.05, 0) is 30.7 Å². The number of halogens is 3. The van der Waals surface area contributed by atoms with Crippen LogP contribution < -0.4 is 20.7 Å². The van der Waals surface area contributed by atoms with Gasteiger partial charge in [-0.15, -0.1) is 0 Å². The first kappa shape index (κ1) is 19.5. The molecule has 0 fully saturated rings. The molecule has 1 aliphatic heterocycles. The Hall–Kier alpha value is -3.30. The third-order valence-corrected chi connectivity index (χ3v) is 4.11. The number of nitrogen functional groups attached to an aromatic ring is 1. The van der Waals surface area contributed by atoms with E-state index in [1.807, 2.05) is 0 Å². The van der Waals surface area contributed by atoms with Crippen LogP contribution in [0.4, 0.5) is 30.5 Å². The van der Waals surface area contributed by atoms with Crippen molar-refractivity contribution in [1.29, 1.82) is 0 Å². The molecule has 0 radical (unpaired) electrons. The Kier molecular flexibility index (Phi) is 5.12. The number of nitrogens with one attached hydrogen (secondary N) is 1. The SMILES string of the molecule is CCC1Oc2ccc(N)nc2N(CC(=O)Nc2ccccc2C(F)(F)F)C1=O. The molecule has 3 rings (SSSR count). The highest BCUT2D eigenvalue weighted by molar-refractivity contribution is 6.05. The second-order valence-electron chi connectivity index (χ2n) is 6.09. The average Bonchev–Trinajstić information content (AvgIpc) is 2.63. The van der Waals surface area contributed by atoms with E-state index in [0.717, 1.165) is 17.0 Å². The number of pyridine rings is 1. The van der Waals surface area contributed by atoms with Crippen molar-refractivity contribution in [2.75, 3.05) is 22.5 Å². The fourth-order valence-corrected chi connectivity index (χ4v) is 2.80. The molecule has 0 spiro atoms. The summed E-state index contributed by atoms with van der Waals surface area (Å²) in [6, 6.07) is 7.60. The molecule has 1 atom stereocenters. The number of ether oxygens (including phenoxy) is 1. The molecule has 3 N–H and O–H groups in total. The minimum absolute atomic E-state index is 0.0500. The Balaban J connectivity index is 1.86. The topological polar surface area (TPSA) is 97.6 Å². The highest BCUT2D eigenvalue weighted by atomic mass is 19.4. The van der Waals surface area contributed by atoms with Gasteiger partial charge < -0.3 is 15.8 Å². The lowest BCUT2D eigenvalue weighted by Gasteiger charge is -2.32. The van der Waals surface area contributed by atoms with E-state index >= 15 is 0 Å². The lowest BCUT2D eigenvalue weighted by Crippen LogP contribution is -2.49. The van der Waals surface area contributed by atoms with Crippen LogP contribution in [0.25, 0.3) is 0 Å². The highest BCUT2D eigenvalue weighted by Gasteiger charge is 2.37. The number of fused-ring (bicyclic) bond motifs is 1. The van der Waals surface area contributed by atoms with E-state index in [0.29, 0.717) is 6.42 Å². The molecule has 28 heavy (non-hydrogen) atoms. The fraction of sp³-hybridized carbons (Fsp3) is 0.278. The van der Waals surface area contributed by atoms with E-state index in [1.165, 1.54) is 24.3 Å². The van der Waals surface area contributed by atoms with Crippen molar-refractivity contribution in [2.24, 2.45) is 0 Å². The molecule has 2 amide bonds. The van der Waals surface area contributed by atoms with Gasteiger partial charge in [0, 0.05) is 0 Å². The predicted octanol–water partition coefficient (Wildman–Crippen LogP) is 2.83. The van der Waals surface area contributed by atoms with Gasteiger partial charge in [-0.1, -0.05) is 19.1 Å². The molecule has 2 heterocycles. The summed E-state index contributed by atoms with van der Waals surface area (Å²) in [5, 5.41) is 2.21. The Morgan fingerprint density at radius 1 is 1.29 bits per heavy atom. The molecule has 1 unspecified atom stereocenters. The van der Waals surface area contributed by atoms with Crippen molar-refractivity contribution < 1.29 is 27.5 Å². The number of nitrogens with two attached hydrogens (primary N) is 1. The Morgan fingerprint density at radius 3 is 2.68 bits per heavy atom. The van der Waals surface area contributed by atoms with Gasteiger partial charge in [-0.2, -0.15) is 13.2 Å². The van der Waals surface area contributed by atoms with Crippen LogP contribution in [0.5, 0.6) is 5.75 Å². The maximum atomic E-state index is 13.1. The van der Waals surface area contributed by atoms with Gasteiger partial charge in [0.25, 0.3) is 5.91 Å². The van der Waals surface area contributed by atoms with Gasteiger partial charge in [0.1, 0.15) is 12.4 Å². The number of benzene rings is 1. The lowest BCUT2D eigenvalue weighted by atomic mass is 10.1. The second-order valence-corrected chi connectivity index (χ2v) is 6.09. The van der Waals surface area contributed by atoms with E-state index in [2.05, 4.69) is 10.3 Å². The van der Waals surface area contributed by atoms with E-state index in [1.54, 1.807) is 6.92 Å². The summed E-state index contributed by atoms with van der Waals surface area (Å²) < 4.78 is 44.9. The van der Waals surface area contributed by atoms with Crippen LogP contribution in [0, 0.1) is 0 Å². The number of nitrogens with zero attached hydrogens (tertiary/aromatic N) is 2. The summed E-state index contributed by atoms with van der Waals surface area (Å²) in [6.07, 6.45) is -5.11. The molecule has 0 saturated heterocycles. The smallest absolute Gasteiger partial charge is 0.418 e. The largest absolute Gasteiger partial charge is 0.477 e. The standard InChI is InChI=1S/C18H17F3N4O3/c1-2-12-17(27)25(16-13(28-12)7-8-14(22)24-16)9-15(26)23-11-6-4-3-5-10(11)18(19,20)21/h3-8,12H,2,9H2,1H3,(H2,22,24)(H,23,26). The number of para-hydroxylation sites is 1. The molecule has 2 aromatic rings.